The summed E-state index contributed by atoms with van der Waals surface area (Å²) in [5, 5.41) is 40.8. The van der Waals surface area contributed by atoms with Crippen LogP contribution in [0.15, 0.2) is 12.4 Å². The van der Waals surface area contributed by atoms with E-state index in [1.165, 1.54) is 0 Å². The van der Waals surface area contributed by atoms with Gasteiger partial charge in [-0.1, -0.05) is 123 Å². The molecule has 0 aromatic carbocycles. The van der Waals surface area contributed by atoms with Crippen LogP contribution in [0.4, 0.5) is 0 Å². The summed E-state index contributed by atoms with van der Waals surface area (Å²) < 4.78 is 5.70. The number of aromatic nitrogens is 14. The van der Waals surface area contributed by atoms with E-state index < -0.39 is 0 Å². The zero-order valence-corrected chi connectivity index (χ0v) is 37.4. The highest BCUT2D eigenvalue weighted by molar-refractivity contribution is 5.08. The van der Waals surface area contributed by atoms with E-state index in [0.717, 1.165) is 23.0 Å². The second-order valence-corrected chi connectivity index (χ2v) is 21.6. The third-order valence-electron chi connectivity index (χ3n) is 7.36. The van der Waals surface area contributed by atoms with Crippen molar-refractivity contribution in [3.8, 4) is 0 Å². The Labute approximate surface area is 344 Å². The molecule has 328 valence electrons. The maximum atomic E-state index is 4.35. The van der Waals surface area contributed by atoms with Crippen molar-refractivity contribution >= 4 is 0 Å². The summed E-state index contributed by atoms with van der Waals surface area (Å²) in [5.41, 5.74) is 2.15. The average molecular weight is 791 g/mol. The van der Waals surface area contributed by atoms with E-state index in [4.69, 9.17) is 0 Å². The van der Waals surface area contributed by atoms with Gasteiger partial charge in [-0.2, -0.15) is 4.80 Å². The summed E-state index contributed by atoms with van der Waals surface area (Å²) in [4.78, 5) is 1.66. The van der Waals surface area contributed by atoms with E-state index >= 15 is 0 Å². The van der Waals surface area contributed by atoms with Gasteiger partial charge in [-0.05, 0) is 98.7 Å². The van der Waals surface area contributed by atoms with Crippen LogP contribution < -0.4 is 0 Å². The first-order valence-electron chi connectivity index (χ1n) is 18.3. The van der Waals surface area contributed by atoms with Crippen molar-refractivity contribution in [2.24, 2.45) is 0 Å². The zero-order valence-electron chi connectivity index (χ0n) is 37.4. The van der Waals surface area contributed by atoms with Crippen molar-refractivity contribution in [3.05, 3.63) is 35.4 Å². The largest absolute Gasteiger partial charge is 0.247 e. The number of nitrogens with zero attached hydrogens (tertiary/aromatic N) is 14. The molecule has 14 nitrogen and oxygen atoms in total. The Morgan fingerprint density at radius 1 is 0.375 bits per heavy atom. The molecule has 0 atom stereocenters. The second-order valence-electron chi connectivity index (χ2n) is 21.6. The fourth-order valence-corrected chi connectivity index (χ4v) is 3.78. The van der Waals surface area contributed by atoms with Crippen LogP contribution in [-0.4, -0.2) is 70.4 Å². The Kier molecular flexibility index (Phi) is 21.3. The van der Waals surface area contributed by atoms with Gasteiger partial charge >= 0.3 is 0 Å². The Morgan fingerprint density at radius 2 is 0.750 bits per heavy atom. The summed E-state index contributed by atoms with van der Waals surface area (Å²) >= 11 is 0. The predicted octanol–water partition coefficient (Wildman–Crippen LogP) is 10.7. The molecular formula is C42H90N14. The number of rotatable bonds is 0. The molecule has 0 aliphatic heterocycles. The molecule has 0 radical (unpaired) electrons. The minimum absolute atomic E-state index is 0. The maximum absolute atomic E-state index is 4.35. The molecule has 0 amide bonds. The smallest absolute Gasteiger partial charge is 0.180 e. The lowest BCUT2D eigenvalue weighted by molar-refractivity contribution is 0.303. The zero-order chi connectivity index (χ0) is 41.1. The molecule has 0 saturated heterocycles. The second kappa shape index (κ2) is 20.2. The first-order chi connectivity index (χ1) is 22.9. The van der Waals surface area contributed by atoms with Crippen LogP contribution in [0, 0.1) is 0 Å². The van der Waals surface area contributed by atoms with E-state index in [9.17, 15) is 0 Å². The summed E-state index contributed by atoms with van der Waals surface area (Å²) in [5.74, 6) is 1.72. The molecule has 4 aromatic heterocycles. The van der Waals surface area contributed by atoms with Gasteiger partial charge in [0.1, 0.15) is 0 Å². The van der Waals surface area contributed by atoms with E-state index in [1.54, 1.807) is 4.80 Å². The first-order valence-corrected chi connectivity index (χ1v) is 18.3. The Hall–Kier alpha value is -3.58. The summed E-state index contributed by atoms with van der Waals surface area (Å²) in [6.07, 6.45) is 4.06. The Balaban J connectivity index is -0.000000314. The lowest BCUT2D eigenvalue weighted by Crippen LogP contribution is -2.30. The molecule has 0 aliphatic carbocycles. The lowest BCUT2D eigenvalue weighted by atomic mass is 9.93. The van der Waals surface area contributed by atoms with Gasteiger partial charge in [-0.25, -0.2) is 14.0 Å². The standard InChI is InChI=1S/2C10H19N3.2C9H18N4.4CH4/c2*1-9(2,3)8-7-13(12-11-8)10(4,5)6;1-8(2,3)7-10-11-12-13(7)9(4,5)6;1-8(2,3)7-10-12-13(11-7)9(4,5)6;;;;/h2*7H,1-6H3;2*1-6H3;4*1H4. The molecule has 0 N–H and O–H groups in total. The lowest BCUT2D eigenvalue weighted by Gasteiger charge is -2.25. The van der Waals surface area contributed by atoms with Crippen LogP contribution in [0.25, 0.3) is 0 Å². The summed E-state index contributed by atoms with van der Waals surface area (Å²) in [6, 6.07) is 0. The van der Waals surface area contributed by atoms with Crippen molar-refractivity contribution in [3.63, 3.8) is 0 Å². The van der Waals surface area contributed by atoms with Crippen LogP contribution in [0.2, 0.25) is 0 Å². The number of hydrogen-bond donors (Lipinski definition) is 0. The monoisotopic (exact) mass is 791 g/mol. The van der Waals surface area contributed by atoms with Crippen LogP contribution in [0.3, 0.4) is 0 Å². The highest BCUT2D eigenvalue weighted by Gasteiger charge is 2.28. The SMILES string of the molecule is C.C.C.C.CC(C)(C)c1cn(C(C)(C)C)nn1.CC(C)(C)c1cn(C(C)(C)C)nn1.CC(C)(C)c1nnn(C(C)(C)C)n1.CC(C)(C)c1nnnn1C(C)(C)C. The highest BCUT2D eigenvalue weighted by atomic mass is 15.6. The summed E-state index contributed by atoms with van der Waals surface area (Å²) in [7, 11) is 0. The average Bonchev–Trinajstić information content (AvgIpc) is 3.72. The fourth-order valence-electron chi connectivity index (χ4n) is 3.78. The molecule has 0 aliphatic rings. The number of hydrogen-bond acceptors (Lipinski definition) is 10. The topological polar surface area (TPSA) is 149 Å². The molecule has 4 rings (SSSR count). The van der Waals surface area contributed by atoms with E-state index in [2.05, 4.69) is 218 Å². The molecule has 56 heavy (non-hydrogen) atoms. The molecule has 0 unspecified atom stereocenters. The molecule has 0 bridgehead atoms. The Bertz CT molecular complexity index is 1380. The van der Waals surface area contributed by atoms with Gasteiger partial charge in [-0.15, -0.1) is 25.5 Å². The van der Waals surface area contributed by atoms with E-state index in [1.807, 2.05) is 26.4 Å². The van der Waals surface area contributed by atoms with Gasteiger partial charge in [-0.3, -0.25) is 0 Å². The minimum atomic E-state index is -0.0868. The van der Waals surface area contributed by atoms with Crippen molar-refractivity contribution in [1.82, 2.24) is 70.4 Å². The van der Waals surface area contributed by atoms with E-state index in [0.29, 0.717) is 0 Å². The van der Waals surface area contributed by atoms with Crippen LogP contribution in [0.1, 0.15) is 219 Å². The quantitative estimate of drug-likeness (QED) is 0.168. The van der Waals surface area contributed by atoms with Gasteiger partial charge < -0.3 is 0 Å². The number of tetrazole rings is 2. The first kappa shape index (κ1) is 59.1. The molecule has 0 spiro atoms. The molecule has 4 heterocycles. The third-order valence-corrected chi connectivity index (χ3v) is 7.36. The van der Waals surface area contributed by atoms with Gasteiger partial charge in [0.05, 0.1) is 33.5 Å². The minimum Gasteiger partial charge on any atom is -0.247 e. The Morgan fingerprint density at radius 3 is 0.929 bits per heavy atom. The maximum Gasteiger partial charge on any atom is 0.180 e. The van der Waals surface area contributed by atoms with E-state index in [-0.39, 0.29) is 73.5 Å². The normalized spacial score (nSPS) is 12.4. The molecule has 4 aromatic rings. The molecular weight excluding hydrogens is 701 g/mol. The fraction of sp³-hybridized carbons (Fsp3) is 0.857. The summed E-state index contributed by atoms with van der Waals surface area (Å²) in [6.45, 7) is 50.6. The van der Waals surface area contributed by atoms with Gasteiger partial charge in [0.15, 0.2) is 11.6 Å². The molecule has 0 saturated carbocycles. The van der Waals surface area contributed by atoms with Gasteiger partial charge in [0.25, 0.3) is 0 Å². The predicted molar refractivity (Wildman–Crippen MR) is 237 cm³/mol. The van der Waals surface area contributed by atoms with Crippen LogP contribution in [-0.2, 0) is 43.8 Å². The van der Waals surface area contributed by atoms with Gasteiger partial charge in [0.2, 0.25) is 0 Å². The van der Waals surface area contributed by atoms with Crippen LogP contribution in [0.5, 0.6) is 0 Å². The molecule has 14 heteroatoms. The highest BCUT2D eigenvalue weighted by Crippen LogP contribution is 2.25. The van der Waals surface area contributed by atoms with Crippen molar-refractivity contribution in [2.75, 3.05) is 0 Å². The van der Waals surface area contributed by atoms with Crippen molar-refractivity contribution in [2.45, 2.75) is 240 Å². The molecule has 0 fully saturated rings. The van der Waals surface area contributed by atoms with Crippen molar-refractivity contribution < 1.29 is 0 Å². The van der Waals surface area contributed by atoms with Crippen molar-refractivity contribution in [1.29, 1.82) is 0 Å². The van der Waals surface area contributed by atoms with Crippen LogP contribution >= 0.6 is 0 Å². The third kappa shape index (κ3) is 18.6. The van der Waals surface area contributed by atoms with Gasteiger partial charge in [0, 0.05) is 34.1 Å².